The van der Waals surface area contributed by atoms with Crippen LogP contribution in [0, 0.1) is 11.8 Å². The van der Waals surface area contributed by atoms with Gasteiger partial charge in [-0.05, 0) is 18.1 Å². The third kappa shape index (κ3) is 4.73. The first-order valence-corrected chi connectivity index (χ1v) is 7.40. The summed E-state index contributed by atoms with van der Waals surface area (Å²) < 4.78 is 38.5. The quantitative estimate of drug-likeness (QED) is 0.855. The zero-order valence-corrected chi connectivity index (χ0v) is 14.2. The van der Waals surface area contributed by atoms with Crippen LogP contribution in [0.15, 0.2) is 18.3 Å². The van der Waals surface area contributed by atoms with Crippen LogP contribution in [-0.4, -0.2) is 41.7 Å². The molecule has 5 nitrogen and oxygen atoms in total. The number of aliphatic hydroxyl groups excluding tert-OH is 1. The van der Waals surface area contributed by atoms with Gasteiger partial charge in [-0.15, -0.1) is 12.4 Å². The van der Waals surface area contributed by atoms with E-state index in [9.17, 15) is 18.0 Å². The van der Waals surface area contributed by atoms with Gasteiger partial charge in [-0.25, -0.2) is 4.98 Å². The molecule has 0 aromatic carbocycles. The van der Waals surface area contributed by atoms with Crippen molar-refractivity contribution in [2.24, 2.45) is 11.8 Å². The molecule has 1 fully saturated rings. The molecule has 0 aliphatic carbocycles. The van der Waals surface area contributed by atoms with Gasteiger partial charge in [-0.3, -0.25) is 4.79 Å². The van der Waals surface area contributed by atoms with Gasteiger partial charge >= 0.3 is 6.18 Å². The molecule has 1 aliphatic heterocycles. The summed E-state index contributed by atoms with van der Waals surface area (Å²) in [5.41, 5.74) is -0.744. The molecule has 1 aliphatic rings. The number of amides is 1. The number of hydrogen-bond donors (Lipinski definition) is 2. The minimum absolute atomic E-state index is 0. The van der Waals surface area contributed by atoms with E-state index in [1.807, 2.05) is 13.8 Å². The zero-order chi connectivity index (χ0) is 17.2. The van der Waals surface area contributed by atoms with Crippen molar-refractivity contribution in [3.63, 3.8) is 0 Å². The van der Waals surface area contributed by atoms with Crippen molar-refractivity contribution in [3.8, 4) is 0 Å². The molecule has 0 bridgehead atoms. The number of aliphatic hydroxyl groups is 1. The first-order chi connectivity index (χ1) is 10.7. The minimum atomic E-state index is -4.42. The van der Waals surface area contributed by atoms with Crippen LogP contribution in [0.3, 0.4) is 0 Å². The van der Waals surface area contributed by atoms with Gasteiger partial charge in [0.15, 0.2) is 0 Å². The van der Waals surface area contributed by atoms with E-state index in [0.29, 0.717) is 13.1 Å². The number of anilines is 1. The van der Waals surface area contributed by atoms with E-state index in [-0.39, 0.29) is 36.1 Å². The average Bonchev–Trinajstić information content (AvgIpc) is 2.90. The maximum absolute atomic E-state index is 12.8. The lowest BCUT2D eigenvalue weighted by atomic mass is 9.91. The fourth-order valence-corrected chi connectivity index (χ4v) is 2.86. The van der Waals surface area contributed by atoms with Gasteiger partial charge < -0.3 is 15.3 Å². The Bertz CT molecular complexity index is 569. The number of pyridine rings is 1. The standard InChI is InChI=1S/C15H20F3N3O2.ClH/c1-9(2)11-6-21(7-12(11)20-14(23)8-22)13-5-10(3-4-19-13)15(16,17)18;/h3-5,9,11-12,22H,6-8H2,1-2H3,(H,20,23);1H/t11-,12+;/m1./s1. The summed E-state index contributed by atoms with van der Waals surface area (Å²) in [6.45, 7) is 4.24. The van der Waals surface area contributed by atoms with E-state index in [0.717, 1.165) is 18.3 Å². The Balaban J connectivity index is 0.00000288. The number of halogens is 4. The van der Waals surface area contributed by atoms with Gasteiger partial charge in [0.2, 0.25) is 5.91 Å². The Labute approximate surface area is 144 Å². The molecule has 2 N–H and O–H groups in total. The highest BCUT2D eigenvalue weighted by molar-refractivity contribution is 5.85. The van der Waals surface area contributed by atoms with Crippen molar-refractivity contribution in [3.05, 3.63) is 23.9 Å². The summed E-state index contributed by atoms with van der Waals surface area (Å²) in [6.07, 6.45) is -3.28. The third-order valence-corrected chi connectivity index (χ3v) is 4.11. The molecule has 2 rings (SSSR count). The molecule has 1 saturated heterocycles. The molecular formula is C15H21ClF3N3O2. The molecule has 1 aromatic rings. The van der Waals surface area contributed by atoms with E-state index in [1.165, 1.54) is 0 Å². The van der Waals surface area contributed by atoms with Gasteiger partial charge in [0.05, 0.1) is 11.6 Å². The number of alkyl halides is 3. The number of rotatable bonds is 4. The van der Waals surface area contributed by atoms with E-state index in [1.54, 1.807) is 4.90 Å². The van der Waals surface area contributed by atoms with Crippen LogP contribution in [0.5, 0.6) is 0 Å². The molecule has 1 amide bonds. The van der Waals surface area contributed by atoms with Crippen LogP contribution < -0.4 is 10.2 Å². The number of carbonyl (C=O) groups is 1. The predicted molar refractivity (Wildman–Crippen MR) is 86.0 cm³/mol. The van der Waals surface area contributed by atoms with Crippen molar-refractivity contribution >= 4 is 24.1 Å². The molecule has 136 valence electrons. The van der Waals surface area contributed by atoms with Crippen molar-refractivity contribution in [2.45, 2.75) is 26.1 Å². The summed E-state index contributed by atoms with van der Waals surface area (Å²) in [5.74, 6) is 0.0577. The molecular weight excluding hydrogens is 347 g/mol. The fourth-order valence-electron chi connectivity index (χ4n) is 2.86. The Morgan fingerprint density at radius 2 is 2.12 bits per heavy atom. The van der Waals surface area contributed by atoms with E-state index in [4.69, 9.17) is 5.11 Å². The minimum Gasteiger partial charge on any atom is -0.387 e. The van der Waals surface area contributed by atoms with Gasteiger partial charge in [-0.2, -0.15) is 13.2 Å². The average molecular weight is 368 g/mol. The van der Waals surface area contributed by atoms with Crippen LogP contribution in [-0.2, 0) is 11.0 Å². The summed E-state index contributed by atoms with van der Waals surface area (Å²) >= 11 is 0. The van der Waals surface area contributed by atoms with Gasteiger partial charge in [0, 0.05) is 25.2 Å². The van der Waals surface area contributed by atoms with Crippen LogP contribution in [0.25, 0.3) is 0 Å². The second kappa shape index (κ2) is 8.02. The lowest BCUT2D eigenvalue weighted by Gasteiger charge is -2.22. The lowest BCUT2D eigenvalue weighted by molar-refractivity contribution is -0.137. The Morgan fingerprint density at radius 1 is 1.46 bits per heavy atom. The van der Waals surface area contributed by atoms with Crippen molar-refractivity contribution in [2.75, 3.05) is 24.6 Å². The molecule has 9 heteroatoms. The molecule has 0 radical (unpaired) electrons. The van der Waals surface area contributed by atoms with Crippen molar-refractivity contribution in [1.82, 2.24) is 10.3 Å². The SMILES string of the molecule is CC(C)[C@H]1CN(c2cc(C(F)(F)F)ccn2)C[C@@H]1NC(=O)CO.Cl. The van der Waals surface area contributed by atoms with Gasteiger partial charge in [0.25, 0.3) is 0 Å². The van der Waals surface area contributed by atoms with E-state index < -0.39 is 24.3 Å². The first-order valence-electron chi connectivity index (χ1n) is 7.40. The molecule has 0 saturated carbocycles. The molecule has 1 aromatic heterocycles. The van der Waals surface area contributed by atoms with E-state index in [2.05, 4.69) is 10.3 Å². The van der Waals surface area contributed by atoms with Gasteiger partial charge in [0.1, 0.15) is 12.4 Å². The van der Waals surface area contributed by atoms with Crippen LogP contribution >= 0.6 is 12.4 Å². The Hall–Kier alpha value is -1.54. The van der Waals surface area contributed by atoms with Crippen molar-refractivity contribution in [1.29, 1.82) is 0 Å². The van der Waals surface area contributed by atoms with Crippen LogP contribution in [0.4, 0.5) is 19.0 Å². The summed E-state index contributed by atoms with van der Waals surface area (Å²) in [7, 11) is 0. The number of carbonyl (C=O) groups excluding carboxylic acids is 1. The highest BCUT2D eigenvalue weighted by Crippen LogP contribution is 2.33. The molecule has 2 heterocycles. The fraction of sp³-hybridized carbons (Fsp3) is 0.600. The number of nitrogens with zero attached hydrogens (tertiary/aromatic N) is 2. The van der Waals surface area contributed by atoms with Crippen LogP contribution in [0.2, 0.25) is 0 Å². The smallest absolute Gasteiger partial charge is 0.387 e. The number of hydrogen-bond acceptors (Lipinski definition) is 4. The molecule has 24 heavy (non-hydrogen) atoms. The van der Waals surface area contributed by atoms with Crippen LogP contribution in [0.1, 0.15) is 19.4 Å². The van der Waals surface area contributed by atoms with E-state index >= 15 is 0 Å². The van der Waals surface area contributed by atoms with Gasteiger partial charge in [-0.1, -0.05) is 13.8 Å². The topological polar surface area (TPSA) is 65.5 Å². The Morgan fingerprint density at radius 3 is 2.67 bits per heavy atom. The molecule has 0 spiro atoms. The second-order valence-electron chi connectivity index (χ2n) is 6.05. The largest absolute Gasteiger partial charge is 0.416 e. The summed E-state index contributed by atoms with van der Waals surface area (Å²) in [6, 6.07) is 1.73. The maximum atomic E-state index is 12.8. The molecule has 0 unspecified atom stereocenters. The summed E-state index contributed by atoms with van der Waals surface area (Å²) in [5, 5.41) is 11.6. The Kier molecular flexibility index (Phi) is 6.86. The highest BCUT2D eigenvalue weighted by atomic mass is 35.5. The maximum Gasteiger partial charge on any atom is 0.416 e. The lowest BCUT2D eigenvalue weighted by Crippen LogP contribution is -2.43. The predicted octanol–water partition coefficient (Wildman–Crippen LogP) is 2.09. The zero-order valence-electron chi connectivity index (χ0n) is 13.4. The molecule has 2 atom stereocenters. The van der Waals surface area contributed by atoms with Crippen molar-refractivity contribution < 1.29 is 23.1 Å². The third-order valence-electron chi connectivity index (χ3n) is 4.11. The summed E-state index contributed by atoms with van der Waals surface area (Å²) in [4.78, 5) is 17.2. The normalized spacial score (nSPS) is 20.9. The second-order valence-corrected chi connectivity index (χ2v) is 6.05. The first kappa shape index (κ1) is 20.5. The number of aromatic nitrogens is 1. The highest BCUT2D eigenvalue weighted by Gasteiger charge is 2.37. The monoisotopic (exact) mass is 367 g/mol. The number of nitrogens with one attached hydrogen (secondary N) is 1.